The largest absolute Gasteiger partial charge is 0.497 e. The van der Waals surface area contributed by atoms with E-state index in [4.69, 9.17) is 9.84 Å². The van der Waals surface area contributed by atoms with Crippen LogP contribution in [0.1, 0.15) is 29.7 Å². The lowest BCUT2D eigenvalue weighted by molar-refractivity contribution is -0.142. The molecule has 3 atom stereocenters. The van der Waals surface area contributed by atoms with Crippen molar-refractivity contribution >= 4 is 0 Å². The van der Waals surface area contributed by atoms with Gasteiger partial charge in [0.15, 0.2) is 0 Å². The molecule has 236 valence electrons. The fourth-order valence-electron chi connectivity index (χ4n) is 7.12. The van der Waals surface area contributed by atoms with Crippen molar-refractivity contribution in [3.63, 3.8) is 0 Å². The molecule has 0 amide bonds. The fraction of sp³-hybridized carbons (Fsp3) is 0.270. The molecule has 9 heteroatoms. The minimum Gasteiger partial charge on any atom is -0.497 e. The molecule has 1 N–H and O–H groups in total. The summed E-state index contributed by atoms with van der Waals surface area (Å²) in [6, 6.07) is 24.3. The lowest BCUT2D eigenvalue weighted by Crippen LogP contribution is -2.11. The Morgan fingerprint density at radius 1 is 0.761 bits per heavy atom. The second kappa shape index (κ2) is 11.7. The van der Waals surface area contributed by atoms with Gasteiger partial charge in [-0.3, -0.25) is 0 Å². The highest BCUT2D eigenvalue weighted by Crippen LogP contribution is 2.53. The first-order valence-corrected chi connectivity index (χ1v) is 15.3. The zero-order chi connectivity index (χ0) is 32.2. The van der Waals surface area contributed by atoms with Gasteiger partial charge in [-0.1, -0.05) is 48.5 Å². The third-order valence-corrected chi connectivity index (χ3v) is 9.58. The minimum absolute atomic E-state index is 0.0160. The van der Waals surface area contributed by atoms with Gasteiger partial charge in [0.2, 0.25) is 0 Å². The quantitative estimate of drug-likeness (QED) is 0.191. The molecule has 2 aliphatic carbocycles. The third-order valence-electron chi connectivity index (χ3n) is 9.58. The summed E-state index contributed by atoms with van der Waals surface area (Å²) in [4.78, 5) is 0. The summed E-state index contributed by atoms with van der Waals surface area (Å²) < 4.78 is 75.3. The molecule has 0 bridgehead atoms. The van der Waals surface area contributed by atoms with E-state index in [1.165, 1.54) is 0 Å². The molecule has 5 aromatic rings. The smallest absolute Gasteiger partial charge is 0.422 e. The van der Waals surface area contributed by atoms with Crippen LogP contribution in [0.25, 0.3) is 39.2 Å². The molecule has 1 aromatic heterocycles. The van der Waals surface area contributed by atoms with E-state index in [9.17, 15) is 27.1 Å². The number of benzene rings is 4. The monoisotopic (exact) mass is 630 g/mol. The first-order valence-electron chi connectivity index (χ1n) is 15.3. The summed E-state index contributed by atoms with van der Waals surface area (Å²) in [6.45, 7) is 0.201. The number of hydrogen-bond donors (Lipinski definition) is 1. The average Bonchev–Trinajstić information content (AvgIpc) is 3.59. The molecule has 46 heavy (non-hydrogen) atoms. The Kier molecular flexibility index (Phi) is 7.67. The second-order valence-electron chi connectivity index (χ2n) is 12.1. The fourth-order valence-corrected chi connectivity index (χ4v) is 7.12. The van der Waals surface area contributed by atoms with E-state index in [-0.39, 0.29) is 12.2 Å². The molecular weight excluding hydrogens is 599 g/mol. The Balaban J connectivity index is 1.26. The number of rotatable bonds is 6. The van der Waals surface area contributed by atoms with Crippen LogP contribution in [0.2, 0.25) is 0 Å². The van der Waals surface area contributed by atoms with E-state index in [2.05, 4.69) is 0 Å². The summed E-state index contributed by atoms with van der Waals surface area (Å²) in [6.07, 6.45) is -1.64. The molecule has 2 aliphatic rings. The molecular formula is C37H31F5N2O2. The zero-order valence-corrected chi connectivity index (χ0v) is 25.0. The van der Waals surface area contributed by atoms with Gasteiger partial charge in [0.1, 0.15) is 22.9 Å². The Hall–Kier alpha value is -4.50. The standard InChI is InChI=1S/C37H31F5N2O2/c1-46-27-12-8-22(9-13-27)21-6-10-26(11-7-21)44-36(30-15-14-28-29(31(28)20-45)16-17-34(30)43-44)24-4-2-23(3-5-24)25-18-32(38)35(33(39)19-25)37(40,41)42/h2-13,18-19,28-29,31,45H,14-17,20H2,1H3/t28-,29+,31-/m1/s1. The summed E-state index contributed by atoms with van der Waals surface area (Å²) >= 11 is 0. The van der Waals surface area contributed by atoms with Gasteiger partial charge in [0, 0.05) is 17.7 Å². The molecule has 1 fully saturated rings. The molecule has 0 aliphatic heterocycles. The van der Waals surface area contributed by atoms with Crippen molar-refractivity contribution in [2.45, 2.75) is 31.9 Å². The summed E-state index contributed by atoms with van der Waals surface area (Å²) in [5, 5.41) is 14.9. The van der Waals surface area contributed by atoms with Crippen molar-refractivity contribution in [2.75, 3.05) is 13.7 Å². The molecule has 4 nitrogen and oxygen atoms in total. The van der Waals surface area contributed by atoms with E-state index in [1.807, 2.05) is 65.3 Å². The number of nitrogens with zero attached hydrogens (tertiary/aromatic N) is 2. The van der Waals surface area contributed by atoms with Gasteiger partial charge in [0.05, 0.1) is 24.2 Å². The van der Waals surface area contributed by atoms with Gasteiger partial charge in [-0.25, -0.2) is 13.5 Å². The predicted molar refractivity (Wildman–Crippen MR) is 166 cm³/mol. The minimum atomic E-state index is -5.13. The van der Waals surface area contributed by atoms with Gasteiger partial charge in [-0.05, 0) is 102 Å². The maximum absolute atomic E-state index is 14.4. The summed E-state index contributed by atoms with van der Waals surface area (Å²) in [7, 11) is 1.63. The first kappa shape index (κ1) is 30.2. The van der Waals surface area contributed by atoms with Crippen molar-refractivity contribution in [3.8, 4) is 44.9 Å². The number of hydrogen-bond acceptors (Lipinski definition) is 3. The van der Waals surface area contributed by atoms with E-state index < -0.39 is 23.4 Å². The van der Waals surface area contributed by atoms with E-state index in [1.54, 1.807) is 19.2 Å². The molecule has 1 heterocycles. The first-order chi connectivity index (χ1) is 22.2. The number of alkyl halides is 3. The van der Waals surface area contributed by atoms with Gasteiger partial charge >= 0.3 is 6.18 Å². The molecule has 0 unspecified atom stereocenters. The maximum Gasteiger partial charge on any atom is 0.422 e. The SMILES string of the molecule is COc1ccc(-c2ccc(-n3nc4c(c3-c3ccc(-c5cc(F)c(C(F)(F)F)c(F)c5)cc3)CC[C@H]3[C@@H](CO)[C@H]3CC4)cc2)cc1. The van der Waals surface area contributed by atoms with Crippen LogP contribution in [-0.4, -0.2) is 28.6 Å². The highest BCUT2D eigenvalue weighted by Gasteiger charge is 2.49. The van der Waals surface area contributed by atoms with Crippen LogP contribution in [0.15, 0.2) is 84.9 Å². The second-order valence-corrected chi connectivity index (χ2v) is 12.1. The topological polar surface area (TPSA) is 47.3 Å². The van der Waals surface area contributed by atoms with Crippen molar-refractivity contribution < 1.29 is 31.8 Å². The van der Waals surface area contributed by atoms with Crippen LogP contribution in [0.3, 0.4) is 0 Å². The Morgan fingerprint density at radius 2 is 1.28 bits per heavy atom. The summed E-state index contributed by atoms with van der Waals surface area (Å²) in [5.74, 6) is -1.17. The van der Waals surface area contributed by atoms with Crippen LogP contribution < -0.4 is 4.74 Å². The molecule has 1 saturated carbocycles. The Morgan fingerprint density at radius 3 is 1.85 bits per heavy atom. The van der Waals surface area contributed by atoms with Gasteiger partial charge in [-0.2, -0.15) is 18.3 Å². The molecule has 0 spiro atoms. The van der Waals surface area contributed by atoms with Crippen LogP contribution in [-0.2, 0) is 19.0 Å². The highest BCUT2D eigenvalue weighted by atomic mass is 19.4. The van der Waals surface area contributed by atoms with E-state index >= 15 is 0 Å². The van der Waals surface area contributed by atoms with Gasteiger partial charge in [0.25, 0.3) is 0 Å². The number of aliphatic hydroxyl groups excluding tert-OH is 1. The number of aliphatic hydroxyl groups is 1. The zero-order valence-electron chi connectivity index (χ0n) is 25.0. The lowest BCUT2D eigenvalue weighted by atomic mass is 9.93. The average molecular weight is 631 g/mol. The maximum atomic E-state index is 14.4. The van der Waals surface area contributed by atoms with Crippen molar-refractivity contribution in [1.82, 2.24) is 9.78 Å². The molecule has 7 rings (SSSR count). The Bertz CT molecular complexity index is 1860. The van der Waals surface area contributed by atoms with Gasteiger partial charge < -0.3 is 9.84 Å². The van der Waals surface area contributed by atoms with E-state index in [0.29, 0.717) is 35.4 Å². The van der Waals surface area contributed by atoms with E-state index in [0.717, 1.165) is 70.8 Å². The van der Waals surface area contributed by atoms with Crippen LogP contribution in [0, 0.1) is 29.4 Å². The number of methoxy groups -OCH3 is 1. The van der Waals surface area contributed by atoms with Crippen molar-refractivity contribution in [3.05, 3.63) is 113 Å². The Labute approximate surface area is 263 Å². The molecule has 4 aromatic carbocycles. The lowest BCUT2D eigenvalue weighted by Gasteiger charge is -2.14. The van der Waals surface area contributed by atoms with Gasteiger partial charge in [-0.15, -0.1) is 0 Å². The summed E-state index contributed by atoms with van der Waals surface area (Å²) in [5.41, 5.74) is 5.33. The molecule has 0 saturated heterocycles. The van der Waals surface area contributed by atoms with Crippen LogP contribution >= 0.6 is 0 Å². The number of fused-ring (bicyclic) bond motifs is 2. The number of halogens is 5. The highest BCUT2D eigenvalue weighted by molar-refractivity contribution is 5.73. The number of aromatic nitrogens is 2. The number of ether oxygens (including phenoxy) is 1. The van der Waals surface area contributed by atoms with Crippen molar-refractivity contribution in [1.29, 1.82) is 0 Å². The normalized spacial score (nSPS) is 19.2. The van der Waals surface area contributed by atoms with Crippen LogP contribution in [0.4, 0.5) is 22.0 Å². The number of aryl methyl sites for hydroxylation is 1. The third kappa shape index (κ3) is 5.47. The predicted octanol–water partition coefficient (Wildman–Crippen LogP) is 8.91. The van der Waals surface area contributed by atoms with Crippen molar-refractivity contribution in [2.24, 2.45) is 17.8 Å². The van der Waals surface area contributed by atoms with Crippen LogP contribution in [0.5, 0.6) is 5.75 Å². The molecule has 0 radical (unpaired) electrons.